The summed E-state index contributed by atoms with van der Waals surface area (Å²) in [5.74, 6) is 0.00688. The van der Waals surface area contributed by atoms with Crippen LogP contribution < -0.4 is 16.4 Å². The Labute approximate surface area is 162 Å². The first kappa shape index (κ1) is 19.3. The standard InChI is InChI=1S/C19H25N5O2S/c1-11-10-12(2)23-19(22-11)21-9-5-8-15(25)24-18-16(17(20)26)13-6-3-4-7-14(13)27-18/h10H,3-9H2,1-2H3,(H2,20,26)(H,24,25)(H,21,22,23). The van der Waals surface area contributed by atoms with Crippen LogP contribution in [-0.4, -0.2) is 28.3 Å². The lowest BCUT2D eigenvalue weighted by Crippen LogP contribution is -2.19. The molecule has 2 aromatic heterocycles. The molecule has 0 unspecified atom stereocenters. The van der Waals surface area contributed by atoms with Gasteiger partial charge in [-0.3, -0.25) is 9.59 Å². The summed E-state index contributed by atoms with van der Waals surface area (Å²) in [5, 5.41) is 6.63. The number of aryl methyl sites for hydroxylation is 3. The normalized spacial score (nSPS) is 13.1. The Bertz CT molecular complexity index is 842. The highest BCUT2D eigenvalue weighted by molar-refractivity contribution is 7.17. The van der Waals surface area contributed by atoms with Gasteiger partial charge in [0.2, 0.25) is 11.9 Å². The fraction of sp³-hybridized carbons (Fsp3) is 0.474. The van der Waals surface area contributed by atoms with E-state index in [1.54, 1.807) is 0 Å². The molecule has 144 valence electrons. The first-order chi connectivity index (χ1) is 12.9. The minimum Gasteiger partial charge on any atom is -0.365 e. The summed E-state index contributed by atoms with van der Waals surface area (Å²) in [6.45, 7) is 4.44. The van der Waals surface area contributed by atoms with Gasteiger partial charge in [0, 0.05) is 29.2 Å². The predicted octanol–water partition coefficient (Wildman–Crippen LogP) is 2.96. The lowest BCUT2D eigenvalue weighted by molar-refractivity contribution is -0.116. The average Bonchev–Trinajstić information content (AvgIpc) is 2.95. The second-order valence-electron chi connectivity index (χ2n) is 6.83. The number of primary amides is 1. The average molecular weight is 388 g/mol. The zero-order chi connectivity index (χ0) is 19.4. The summed E-state index contributed by atoms with van der Waals surface area (Å²) in [6, 6.07) is 1.91. The van der Waals surface area contributed by atoms with Crippen LogP contribution in [0.5, 0.6) is 0 Å². The van der Waals surface area contributed by atoms with Gasteiger partial charge in [0.05, 0.1) is 5.56 Å². The Morgan fingerprint density at radius 1 is 1.19 bits per heavy atom. The highest BCUT2D eigenvalue weighted by Crippen LogP contribution is 2.37. The number of carbonyl (C=O) groups excluding carboxylic acids is 2. The zero-order valence-electron chi connectivity index (χ0n) is 15.7. The number of fused-ring (bicyclic) bond motifs is 1. The SMILES string of the molecule is Cc1cc(C)nc(NCCCC(=O)Nc2sc3c(c2C(N)=O)CCCC3)n1. The third-order valence-electron chi connectivity index (χ3n) is 4.52. The maximum absolute atomic E-state index is 12.3. The van der Waals surface area contributed by atoms with E-state index in [4.69, 9.17) is 5.73 Å². The molecule has 3 rings (SSSR count). The third-order valence-corrected chi connectivity index (χ3v) is 5.72. The molecule has 0 spiro atoms. The number of nitrogens with one attached hydrogen (secondary N) is 2. The monoisotopic (exact) mass is 387 g/mol. The molecule has 4 N–H and O–H groups in total. The van der Waals surface area contributed by atoms with Crippen molar-refractivity contribution >= 4 is 34.1 Å². The van der Waals surface area contributed by atoms with Crippen LogP contribution in [0.3, 0.4) is 0 Å². The van der Waals surface area contributed by atoms with Gasteiger partial charge in [0.15, 0.2) is 0 Å². The second-order valence-corrected chi connectivity index (χ2v) is 7.94. The van der Waals surface area contributed by atoms with Crippen LogP contribution >= 0.6 is 11.3 Å². The number of amides is 2. The molecule has 2 amide bonds. The van der Waals surface area contributed by atoms with Crippen molar-refractivity contribution in [3.63, 3.8) is 0 Å². The highest BCUT2D eigenvalue weighted by Gasteiger charge is 2.24. The van der Waals surface area contributed by atoms with E-state index in [2.05, 4.69) is 20.6 Å². The molecule has 0 atom stereocenters. The lowest BCUT2D eigenvalue weighted by atomic mass is 9.95. The summed E-state index contributed by atoms with van der Waals surface area (Å²) < 4.78 is 0. The Morgan fingerprint density at radius 3 is 2.59 bits per heavy atom. The molecule has 1 aliphatic carbocycles. The number of anilines is 2. The summed E-state index contributed by atoms with van der Waals surface area (Å²) in [6.07, 6.45) is 4.97. The molecule has 2 aromatic rings. The Balaban J connectivity index is 1.54. The molecular formula is C19H25N5O2S. The van der Waals surface area contributed by atoms with Crippen molar-refractivity contribution < 1.29 is 9.59 Å². The zero-order valence-corrected chi connectivity index (χ0v) is 16.5. The molecule has 2 heterocycles. The van der Waals surface area contributed by atoms with Crippen LogP contribution in [0.1, 0.15) is 57.9 Å². The molecule has 0 saturated heterocycles. The molecular weight excluding hydrogens is 362 g/mol. The number of nitrogens with two attached hydrogens (primary N) is 1. The maximum atomic E-state index is 12.3. The van der Waals surface area contributed by atoms with Gasteiger partial charge < -0.3 is 16.4 Å². The summed E-state index contributed by atoms with van der Waals surface area (Å²) in [7, 11) is 0. The van der Waals surface area contributed by atoms with E-state index in [9.17, 15) is 9.59 Å². The van der Waals surface area contributed by atoms with Crippen molar-refractivity contribution in [2.24, 2.45) is 5.73 Å². The van der Waals surface area contributed by atoms with Gasteiger partial charge >= 0.3 is 0 Å². The van der Waals surface area contributed by atoms with Crippen LogP contribution in [-0.2, 0) is 17.6 Å². The van der Waals surface area contributed by atoms with Crippen molar-refractivity contribution in [3.05, 3.63) is 33.5 Å². The van der Waals surface area contributed by atoms with Crippen LogP contribution in [0.4, 0.5) is 10.9 Å². The van der Waals surface area contributed by atoms with Gasteiger partial charge in [-0.15, -0.1) is 11.3 Å². The van der Waals surface area contributed by atoms with E-state index in [0.717, 1.165) is 42.6 Å². The molecule has 0 aliphatic heterocycles. The van der Waals surface area contributed by atoms with Crippen molar-refractivity contribution in [2.45, 2.75) is 52.4 Å². The van der Waals surface area contributed by atoms with Gasteiger partial charge in [-0.05, 0) is 57.6 Å². The van der Waals surface area contributed by atoms with E-state index >= 15 is 0 Å². The molecule has 27 heavy (non-hydrogen) atoms. The Hall–Kier alpha value is -2.48. The molecule has 7 nitrogen and oxygen atoms in total. The largest absolute Gasteiger partial charge is 0.365 e. The molecule has 0 fully saturated rings. The minimum absolute atomic E-state index is 0.112. The number of rotatable bonds is 7. The molecule has 0 radical (unpaired) electrons. The summed E-state index contributed by atoms with van der Waals surface area (Å²) >= 11 is 1.49. The van der Waals surface area contributed by atoms with E-state index < -0.39 is 5.91 Å². The molecule has 0 aromatic carbocycles. The van der Waals surface area contributed by atoms with Crippen molar-refractivity contribution in [3.8, 4) is 0 Å². The second kappa shape index (κ2) is 8.47. The van der Waals surface area contributed by atoms with Gasteiger partial charge in [-0.25, -0.2) is 9.97 Å². The quantitative estimate of drug-likeness (QED) is 0.633. The summed E-state index contributed by atoms with van der Waals surface area (Å²) in [4.78, 5) is 34.0. The predicted molar refractivity (Wildman–Crippen MR) is 107 cm³/mol. The van der Waals surface area contributed by atoms with Gasteiger partial charge in [0.1, 0.15) is 5.00 Å². The number of hydrogen-bond donors (Lipinski definition) is 3. The Kier molecular flexibility index (Phi) is 6.05. The minimum atomic E-state index is -0.460. The van der Waals surface area contributed by atoms with Crippen LogP contribution in [0.2, 0.25) is 0 Å². The Morgan fingerprint density at radius 2 is 1.89 bits per heavy atom. The fourth-order valence-corrected chi connectivity index (χ4v) is 4.67. The molecule has 1 aliphatic rings. The summed E-state index contributed by atoms with van der Waals surface area (Å²) in [5.41, 5.74) is 8.91. The van der Waals surface area contributed by atoms with Gasteiger partial charge in [0.25, 0.3) is 5.91 Å². The van der Waals surface area contributed by atoms with Crippen molar-refractivity contribution in [1.29, 1.82) is 0 Å². The number of nitrogens with zero attached hydrogens (tertiary/aromatic N) is 2. The maximum Gasteiger partial charge on any atom is 0.251 e. The third kappa shape index (κ3) is 4.82. The smallest absolute Gasteiger partial charge is 0.251 e. The number of carbonyl (C=O) groups is 2. The number of thiophene rings is 1. The van der Waals surface area contributed by atoms with E-state index in [1.807, 2.05) is 19.9 Å². The van der Waals surface area contributed by atoms with Gasteiger partial charge in [-0.1, -0.05) is 0 Å². The van der Waals surface area contributed by atoms with E-state index in [0.29, 0.717) is 35.9 Å². The fourth-order valence-electron chi connectivity index (χ4n) is 3.36. The van der Waals surface area contributed by atoms with Crippen LogP contribution in [0.25, 0.3) is 0 Å². The van der Waals surface area contributed by atoms with Crippen LogP contribution in [0, 0.1) is 13.8 Å². The lowest BCUT2D eigenvalue weighted by Gasteiger charge is -2.11. The molecule has 0 saturated carbocycles. The van der Waals surface area contributed by atoms with E-state index in [1.165, 1.54) is 16.2 Å². The topological polar surface area (TPSA) is 110 Å². The molecule has 8 heteroatoms. The number of aromatic nitrogens is 2. The first-order valence-corrected chi connectivity index (χ1v) is 10.1. The molecule has 0 bridgehead atoms. The van der Waals surface area contributed by atoms with E-state index in [-0.39, 0.29) is 5.91 Å². The van der Waals surface area contributed by atoms with Crippen molar-refractivity contribution in [2.75, 3.05) is 17.2 Å². The van der Waals surface area contributed by atoms with Crippen LogP contribution in [0.15, 0.2) is 6.07 Å². The highest BCUT2D eigenvalue weighted by atomic mass is 32.1. The van der Waals surface area contributed by atoms with Crippen molar-refractivity contribution in [1.82, 2.24) is 9.97 Å². The van der Waals surface area contributed by atoms with Gasteiger partial charge in [-0.2, -0.15) is 0 Å². The number of hydrogen-bond acceptors (Lipinski definition) is 6. The first-order valence-electron chi connectivity index (χ1n) is 9.24.